The molecule has 0 amide bonds. The second-order valence-electron chi connectivity index (χ2n) is 0. The van der Waals surface area contributed by atoms with Crippen LogP contribution in [0.25, 0.3) is 0 Å². The van der Waals surface area contributed by atoms with Gasteiger partial charge in [0.1, 0.15) is 9.12 Å². The third-order valence-corrected chi connectivity index (χ3v) is 0. The summed E-state index contributed by atoms with van der Waals surface area (Å²) in [6, 6.07) is 0. The predicted molar refractivity (Wildman–Crippen MR) is 10.1 cm³/mol. The Labute approximate surface area is 67.9 Å². The molecule has 0 unspecified atom stereocenters. The van der Waals surface area contributed by atoms with Crippen molar-refractivity contribution >= 4 is 9.12 Å². The Kier molecular flexibility index (Phi) is 253. The average Bonchev–Trinajstić information content (AvgIpc) is 1.00. The van der Waals surface area contributed by atoms with Crippen molar-refractivity contribution in [3.8, 4) is 0 Å². The molecule has 0 aromatic carbocycles. The Bertz CT molecular complexity index is 13.5. The largest absolute Gasteiger partial charge is 1.00 e. The van der Waals surface area contributed by atoms with E-state index in [1.165, 1.54) is 0 Å². The third-order valence-electron chi connectivity index (χ3n) is 0. The average molecular weight is 168 g/mol. The smallest absolute Gasteiger partial charge is 1.00 e. The topological polar surface area (TPSA) is 17.1 Å². The summed E-state index contributed by atoms with van der Waals surface area (Å²) in [4.78, 5) is 0. The molecule has 0 aromatic rings. The molecule has 0 saturated carbocycles. The first-order chi connectivity index (χ1) is 1.00. The molecule has 0 radical (unpaired) electrons. The Morgan fingerprint density at radius 3 is 1.20 bits per heavy atom. The minimum Gasteiger partial charge on any atom is -1.00 e. The van der Waals surface area contributed by atoms with E-state index in [9.17, 15) is 0 Å². The molecular formula is H2Fe2LiOP. The van der Waals surface area contributed by atoms with Gasteiger partial charge in [-0.2, -0.15) is 0 Å². The number of rotatable bonds is 0. The minimum absolute atomic E-state index is 0. The van der Waals surface area contributed by atoms with Crippen molar-refractivity contribution in [1.29, 1.82) is 0 Å². The van der Waals surface area contributed by atoms with Crippen molar-refractivity contribution in [2.75, 3.05) is 0 Å². The molecule has 0 aliphatic carbocycles. The third kappa shape index (κ3) is 26.6. The molecule has 0 heterocycles. The van der Waals surface area contributed by atoms with E-state index in [2.05, 4.69) is 0 Å². The minimum atomic E-state index is 0. The fourth-order valence-corrected chi connectivity index (χ4v) is 0. The van der Waals surface area contributed by atoms with Gasteiger partial charge in [-0.15, -0.1) is 0 Å². The van der Waals surface area contributed by atoms with Crippen LogP contribution < -0.4 is 18.9 Å². The Balaban J connectivity index is -0.000000000833. The van der Waals surface area contributed by atoms with Crippen molar-refractivity contribution in [2.24, 2.45) is 0 Å². The van der Waals surface area contributed by atoms with Gasteiger partial charge in [-0.1, -0.05) is 0 Å². The van der Waals surface area contributed by atoms with Crippen LogP contribution in [0.3, 0.4) is 0 Å². The molecule has 0 aliphatic rings. The van der Waals surface area contributed by atoms with Gasteiger partial charge >= 0.3 is 18.9 Å². The summed E-state index contributed by atoms with van der Waals surface area (Å²) in [6.07, 6.45) is 0. The van der Waals surface area contributed by atoms with Crippen molar-refractivity contribution < 1.29 is 59.0 Å². The van der Waals surface area contributed by atoms with Crippen LogP contribution >= 0.6 is 9.12 Å². The van der Waals surface area contributed by atoms with Crippen molar-refractivity contribution in [1.82, 2.24) is 0 Å². The molecule has 30 valence electrons. The summed E-state index contributed by atoms with van der Waals surface area (Å²) < 4.78 is 8.06. The number of hydrogen-bond acceptors (Lipinski definition) is 1. The van der Waals surface area contributed by atoms with Gasteiger partial charge in [0, 0.05) is 34.1 Å². The quantitative estimate of drug-likeness (QED) is 0.290. The first-order valence-corrected chi connectivity index (χ1v) is 0.612. The van der Waals surface area contributed by atoms with Crippen LogP contribution in [0.5, 0.6) is 0 Å². The molecule has 0 aliphatic heterocycles. The van der Waals surface area contributed by atoms with Crippen LogP contribution in [0, 0.1) is 0 Å². The van der Waals surface area contributed by atoms with Crippen LogP contribution in [0.15, 0.2) is 0 Å². The van der Waals surface area contributed by atoms with E-state index < -0.39 is 0 Å². The standard InChI is InChI=1S/2Fe.Li.HOP.H/c;;;1-2;/h;;;2H;/q;;+1;;-1. The molecule has 0 spiro atoms. The monoisotopic (exact) mass is 168 g/mol. The summed E-state index contributed by atoms with van der Waals surface area (Å²) in [5.74, 6) is 0. The van der Waals surface area contributed by atoms with Gasteiger partial charge in [0.2, 0.25) is 0 Å². The first-order valence-electron chi connectivity index (χ1n) is 0.204. The van der Waals surface area contributed by atoms with E-state index >= 15 is 0 Å². The van der Waals surface area contributed by atoms with Gasteiger partial charge in [0.05, 0.1) is 0 Å². The molecule has 0 aromatic heterocycles. The molecule has 0 N–H and O–H groups in total. The first kappa shape index (κ1) is 29.6. The Hall–Kier alpha value is 1.74. The zero-order valence-electron chi connectivity index (χ0n) is 3.62. The van der Waals surface area contributed by atoms with E-state index in [0.29, 0.717) is 0 Å². The van der Waals surface area contributed by atoms with Gasteiger partial charge in [0.15, 0.2) is 0 Å². The van der Waals surface area contributed by atoms with Crippen LogP contribution in [-0.4, -0.2) is 0 Å². The molecular weight excluding hydrogens is 166 g/mol. The fraction of sp³-hybridized carbons (Fsp3) is 0. The maximum absolute atomic E-state index is 8.06. The van der Waals surface area contributed by atoms with Crippen LogP contribution in [0.4, 0.5) is 0 Å². The summed E-state index contributed by atoms with van der Waals surface area (Å²) >= 11 is 0. The zero-order chi connectivity index (χ0) is 2.00. The van der Waals surface area contributed by atoms with E-state index in [1.54, 1.807) is 9.12 Å². The van der Waals surface area contributed by atoms with Gasteiger partial charge < -0.3 is 1.43 Å². The maximum atomic E-state index is 8.06. The van der Waals surface area contributed by atoms with E-state index in [4.69, 9.17) is 4.57 Å². The van der Waals surface area contributed by atoms with Crippen molar-refractivity contribution in [3.63, 3.8) is 0 Å². The molecule has 0 saturated heterocycles. The summed E-state index contributed by atoms with van der Waals surface area (Å²) in [6.45, 7) is 0. The normalized spacial score (nSPS) is 0.800. The van der Waals surface area contributed by atoms with Crippen LogP contribution in [0.2, 0.25) is 0 Å². The van der Waals surface area contributed by atoms with Gasteiger partial charge in [-0.05, 0) is 0 Å². The second-order valence-corrected chi connectivity index (χ2v) is 0. The Morgan fingerprint density at radius 1 is 1.20 bits per heavy atom. The molecule has 1 nitrogen and oxygen atoms in total. The number of hydrogen-bond donors (Lipinski definition) is 0. The van der Waals surface area contributed by atoms with E-state index in [0.717, 1.165) is 0 Å². The van der Waals surface area contributed by atoms with E-state index in [-0.39, 0.29) is 54.4 Å². The summed E-state index contributed by atoms with van der Waals surface area (Å²) in [5, 5.41) is 0. The van der Waals surface area contributed by atoms with E-state index in [1.807, 2.05) is 0 Å². The molecule has 0 bridgehead atoms. The zero-order valence-corrected chi connectivity index (χ0v) is 5.82. The summed E-state index contributed by atoms with van der Waals surface area (Å²) in [7, 11) is 1.72. The molecule has 5 heavy (non-hydrogen) atoms. The van der Waals surface area contributed by atoms with Gasteiger partial charge in [-0.3, -0.25) is 4.57 Å². The molecule has 0 rings (SSSR count). The summed E-state index contributed by atoms with van der Waals surface area (Å²) in [5.41, 5.74) is 0. The van der Waals surface area contributed by atoms with Crippen molar-refractivity contribution in [3.05, 3.63) is 0 Å². The van der Waals surface area contributed by atoms with Gasteiger partial charge in [0.25, 0.3) is 0 Å². The van der Waals surface area contributed by atoms with Crippen LogP contribution in [-0.2, 0) is 38.7 Å². The Morgan fingerprint density at radius 2 is 1.20 bits per heavy atom. The van der Waals surface area contributed by atoms with Gasteiger partial charge in [-0.25, -0.2) is 0 Å². The fourth-order valence-electron chi connectivity index (χ4n) is 0. The van der Waals surface area contributed by atoms with Crippen molar-refractivity contribution in [2.45, 2.75) is 0 Å². The second kappa shape index (κ2) is 42.7. The maximum Gasteiger partial charge on any atom is 1.00 e. The molecule has 0 atom stereocenters. The SMILES string of the molecule is O=P.[Fe].[Fe].[H-].[Li+]. The van der Waals surface area contributed by atoms with Crippen LogP contribution in [0.1, 0.15) is 1.43 Å². The molecule has 0 fully saturated rings. The molecule has 5 heteroatoms. The predicted octanol–water partition coefficient (Wildman–Crippen LogP) is -2.41.